The zero-order valence-electron chi connectivity index (χ0n) is 12.8. The van der Waals surface area contributed by atoms with Crippen molar-refractivity contribution < 1.29 is 4.79 Å². The molecule has 0 radical (unpaired) electrons. The monoisotopic (exact) mass is 308 g/mol. The van der Waals surface area contributed by atoms with Gasteiger partial charge in [0.15, 0.2) is 0 Å². The minimum Gasteiger partial charge on any atom is -0.322 e. The van der Waals surface area contributed by atoms with E-state index in [9.17, 15) is 4.79 Å². The molecular weight excluding hydrogens is 284 g/mol. The van der Waals surface area contributed by atoms with Gasteiger partial charge in [-0.2, -0.15) is 0 Å². The Morgan fingerprint density at radius 1 is 1.14 bits per heavy atom. The summed E-state index contributed by atoms with van der Waals surface area (Å²) < 4.78 is 0. The SMILES string of the molecule is CCCCCCCCN1C(=O)CNC1c1ccc(Cl)cc1. The number of unbranched alkanes of at least 4 members (excludes halogenated alkanes) is 5. The zero-order chi connectivity index (χ0) is 15.1. The van der Waals surface area contributed by atoms with Crippen LogP contribution in [0.15, 0.2) is 24.3 Å². The van der Waals surface area contributed by atoms with Crippen molar-refractivity contribution >= 4 is 17.5 Å². The summed E-state index contributed by atoms with van der Waals surface area (Å²) in [5, 5.41) is 4.01. The zero-order valence-corrected chi connectivity index (χ0v) is 13.5. The van der Waals surface area contributed by atoms with Gasteiger partial charge in [-0.15, -0.1) is 0 Å². The average Bonchev–Trinajstić information content (AvgIpc) is 2.85. The van der Waals surface area contributed by atoms with E-state index in [0.29, 0.717) is 6.54 Å². The van der Waals surface area contributed by atoms with Gasteiger partial charge in [0.05, 0.1) is 6.54 Å². The smallest absolute Gasteiger partial charge is 0.238 e. The summed E-state index contributed by atoms with van der Waals surface area (Å²) in [4.78, 5) is 14.0. The Morgan fingerprint density at radius 3 is 2.52 bits per heavy atom. The van der Waals surface area contributed by atoms with Gasteiger partial charge in [-0.1, -0.05) is 62.8 Å². The Labute approximate surface area is 132 Å². The first-order valence-electron chi connectivity index (χ1n) is 8.00. The molecule has 1 atom stereocenters. The van der Waals surface area contributed by atoms with Crippen LogP contribution < -0.4 is 5.32 Å². The van der Waals surface area contributed by atoms with Crippen LogP contribution in [-0.2, 0) is 4.79 Å². The first-order valence-corrected chi connectivity index (χ1v) is 8.38. The molecule has 1 fully saturated rings. The fourth-order valence-corrected chi connectivity index (χ4v) is 2.92. The van der Waals surface area contributed by atoms with Crippen LogP contribution >= 0.6 is 11.6 Å². The van der Waals surface area contributed by atoms with Gasteiger partial charge >= 0.3 is 0 Å². The minimum atomic E-state index is 0.00501. The first kappa shape index (κ1) is 16.3. The molecule has 1 amide bonds. The molecule has 1 aliphatic heterocycles. The van der Waals surface area contributed by atoms with E-state index in [-0.39, 0.29) is 12.1 Å². The van der Waals surface area contributed by atoms with Gasteiger partial charge in [-0.3, -0.25) is 10.1 Å². The Kier molecular flexibility index (Phi) is 6.52. The highest BCUT2D eigenvalue weighted by Crippen LogP contribution is 2.24. The van der Waals surface area contributed by atoms with Crippen LogP contribution in [-0.4, -0.2) is 23.9 Å². The summed E-state index contributed by atoms with van der Waals surface area (Å²) in [5.41, 5.74) is 1.11. The fourth-order valence-electron chi connectivity index (χ4n) is 2.80. The molecule has 116 valence electrons. The van der Waals surface area contributed by atoms with Crippen molar-refractivity contribution in [3.63, 3.8) is 0 Å². The molecule has 0 aliphatic carbocycles. The number of benzene rings is 1. The molecule has 1 unspecified atom stereocenters. The highest BCUT2D eigenvalue weighted by Gasteiger charge is 2.30. The maximum Gasteiger partial charge on any atom is 0.238 e. The third-order valence-electron chi connectivity index (χ3n) is 4.02. The third-order valence-corrected chi connectivity index (χ3v) is 4.27. The molecule has 0 aromatic heterocycles. The van der Waals surface area contributed by atoms with Crippen LogP contribution in [0.25, 0.3) is 0 Å². The van der Waals surface area contributed by atoms with E-state index < -0.39 is 0 Å². The molecule has 0 saturated carbocycles. The Hall–Kier alpha value is -1.06. The van der Waals surface area contributed by atoms with Crippen molar-refractivity contribution in [1.82, 2.24) is 10.2 Å². The standard InChI is InChI=1S/C17H25ClN2O/c1-2-3-4-5-6-7-12-20-16(21)13-19-17(20)14-8-10-15(18)11-9-14/h8-11,17,19H,2-7,12-13H2,1H3. The average molecular weight is 309 g/mol. The van der Waals surface area contributed by atoms with E-state index in [4.69, 9.17) is 11.6 Å². The number of carbonyl (C=O) groups excluding carboxylic acids is 1. The van der Waals surface area contributed by atoms with Crippen molar-refractivity contribution in [3.05, 3.63) is 34.9 Å². The van der Waals surface area contributed by atoms with Gasteiger partial charge in [0.2, 0.25) is 5.91 Å². The van der Waals surface area contributed by atoms with Crippen molar-refractivity contribution in [3.8, 4) is 0 Å². The van der Waals surface area contributed by atoms with E-state index in [1.54, 1.807) is 0 Å². The maximum atomic E-state index is 12.0. The molecule has 1 aliphatic rings. The van der Waals surface area contributed by atoms with Crippen LogP contribution in [0.5, 0.6) is 0 Å². The van der Waals surface area contributed by atoms with Gasteiger partial charge in [-0.05, 0) is 24.1 Å². The number of rotatable bonds is 8. The number of amides is 1. The number of hydrogen-bond donors (Lipinski definition) is 1. The summed E-state index contributed by atoms with van der Waals surface area (Å²) in [7, 11) is 0. The van der Waals surface area contributed by atoms with E-state index in [0.717, 1.165) is 23.6 Å². The fraction of sp³-hybridized carbons (Fsp3) is 0.588. The number of carbonyl (C=O) groups is 1. The topological polar surface area (TPSA) is 32.3 Å². The molecule has 1 aromatic rings. The molecule has 0 bridgehead atoms. The van der Waals surface area contributed by atoms with Gasteiger partial charge in [0, 0.05) is 11.6 Å². The maximum absolute atomic E-state index is 12.0. The lowest BCUT2D eigenvalue weighted by molar-refractivity contribution is -0.128. The summed E-state index contributed by atoms with van der Waals surface area (Å²) in [6, 6.07) is 7.74. The second kappa shape index (κ2) is 8.40. The molecule has 0 spiro atoms. The predicted octanol–water partition coefficient (Wildman–Crippen LogP) is 4.13. The lowest BCUT2D eigenvalue weighted by Crippen LogP contribution is -2.31. The Balaban J connectivity index is 1.84. The molecule has 21 heavy (non-hydrogen) atoms. The molecule has 2 rings (SSSR count). The highest BCUT2D eigenvalue weighted by atomic mass is 35.5. The number of nitrogens with zero attached hydrogens (tertiary/aromatic N) is 1. The number of halogens is 1. The van der Waals surface area contributed by atoms with Crippen molar-refractivity contribution in [1.29, 1.82) is 0 Å². The predicted molar refractivity (Wildman–Crippen MR) is 87.3 cm³/mol. The Morgan fingerprint density at radius 2 is 1.81 bits per heavy atom. The quantitative estimate of drug-likeness (QED) is 0.732. The lowest BCUT2D eigenvalue weighted by atomic mass is 10.1. The summed E-state index contributed by atoms with van der Waals surface area (Å²) in [5.74, 6) is 0.198. The summed E-state index contributed by atoms with van der Waals surface area (Å²) in [6.07, 6.45) is 7.46. The van der Waals surface area contributed by atoms with E-state index in [2.05, 4.69) is 12.2 Å². The Bertz CT molecular complexity index is 447. The van der Waals surface area contributed by atoms with Crippen molar-refractivity contribution in [2.45, 2.75) is 51.6 Å². The van der Waals surface area contributed by atoms with Gasteiger partial charge in [-0.25, -0.2) is 0 Å². The van der Waals surface area contributed by atoms with Gasteiger partial charge in [0.1, 0.15) is 6.17 Å². The van der Waals surface area contributed by atoms with Crippen LogP contribution in [0.1, 0.15) is 57.2 Å². The highest BCUT2D eigenvalue weighted by molar-refractivity contribution is 6.30. The summed E-state index contributed by atoms with van der Waals surface area (Å²) in [6.45, 7) is 3.50. The third kappa shape index (κ3) is 4.72. The second-order valence-electron chi connectivity index (χ2n) is 5.69. The molecular formula is C17H25ClN2O. The lowest BCUT2D eigenvalue weighted by Gasteiger charge is -2.24. The van der Waals surface area contributed by atoms with Crippen molar-refractivity contribution in [2.75, 3.05) is 13.1 Å². The molecule has 1 saturated heterocycles. The number of nitrogens with one attached hydrogen (secondary N) is 1. The normalized spacial score (nSPS) is 18.5. The molecule has 4 heteroatoms. The van der Waals surface area contributed by atoms with Crippen LogP contribution in [0, 0.1) is 0 Å². The molecule has 1 heterocycles. The van der Waals surface area contributed by atoms with Crippen molar-refractivity contribution in [2.24, 2.45) is 0 Å². The minimum absolute atomic E-state index is 0.00501. The molecule has 1 aromatic carbocycles. The number of hydrogen-bond acceptors (Lipinski definition) is 2. The van der Waals surface area contributed by atoms with Crippen LogP contribution in [0.2, 0.25) is 5.02 Å². The van der Waals surface area contributed by atoms with Gasteiger partial charge < -0.3 is 4.90 Å². The van der Waals surface area contributed by atoms with Crippen LogP contribution in [0.3, 0.4) is 0 Å². The summed E-state index contributed by atoms with van der Waals surface area (Å²) >= 11 is 5.93. The molecule has 3 nitrogen and oxygen atoms in total. The van der Waals surface area contributed by atoms with E-state index >= 15 is 0 Å². The largest absolute Gasteiger partial charge is 0.322 e. The molecule has 1 N–H and O–H groups in total. The first-order chi connectivity index (χ1) is 10.2. The van der Waals surface area contributed by atoms with Gasteiger partial charge in [0.25, 0.3) is 0 Å². The van der Waals surface area contributed by atoms with E-state index in [1.807, 2.05) is 29.2 Å². The second-order valence-corrected chi connectivity index (χ2v) is 6.13. The van der Waals surface area contributed by atoms with E-state index in [1.165, 1.54) is 32.1 Å². The van der Waals surface area contributed by atoms with Crippen LogP contribution in [0.4, 0.5) is 0 Å².